The number of rotatable bonds is 4. The molecule has 25 heavy (non-hydrogen) atoms. The Hall–Kier alpha value is -1.51. The number of aliphatic hydroxyl groups is 1. The molecule has 140 valence electrons. The zero-order valence-corrected chi connectivity index (χ0v) is 16.8. The first-order chi connectivity index (χ1) is 11.4. The number of carbonyl (C=O) groups excluding carboxylic acids is 1. The van der Waals surface area contributed by atoms with E-state index in [1.165, 1.54) is 10.8 Å². The molecule has 1 aliphatic heterocycles. The number of aliphatic hydroxyl groups excluding tert-OH is 1. The summed E-state index contributed by atoms with van der Waals surface area (Å²) in [4.78, 5) is 38.3. The Balaban J connectivity index is 2.80. The molecule has 2 N–H and O–H groups in total. The molecule has 0 saturated carbocycles. The van der Waals surface area contributed by atoms with Crippen LogP contribution in [0.4, 0.5) is 0 Å². The lowest BCUT2D eigenvalue weighted by atomic mass is 10.0. The lowest BCUT2D eigenvalue weighted by Gasteiger charge is -2.50. The Bertz CT molecular complexity index is 776. The SMILES string of the molecule is Cc1cn([C@@]2([Si](C)(C)C(C)(C)C)C[C@H](C=O)[C@@H](CO)O2)c(=O)[nH]c1=O. The van der Waals surface area contributed by atoms with Crippen molar-refractivity contribution in [2.45, 2.75) is 63.7 Å². The van der Waals surface area contributed by atoms with Gasteiger partial charge in [-0.2, -0.15) is 0 Å². The van der Waals surface area contributed by atoms with Crippen LogP contribution in [0.2, 0.25) is 18.1 Å². The number of aryl methyl sites for hydroxylation is 1. The van der Waals surface area contributed by atoms with E-state index < -0.39 is 36.7 Å². The van der Waals surface area contributed by atoms with Crippen molar-refractivity contribution in [3.8, 4) is 0 Å². The minimum absolute atomic E-state index is 0.158. The summed E-state index contributed by atoms with van der Waals surface area (Å²) in [6.45, 7) is 11.8. The highest BCUT2D eigenvalue weighted by atomic mass is 28.3. The van der Waals surface area contributed by atoms with Gasteiger partial charge in [0.15, 0.2) is 0 Å². The van der Waals surface area contributed by atoms with Crippen molar-refractivity contribution >= 4 is 14.4 Å². The summed E-state index contributed by atoms with van der Waals surface area (Å²) >= 11 is 0. The molecule has 1 saturated heterocycles. The van der Waals surface area contributed by atoms with Crippen LogP contribution < -0.4 is 11.2 Å². The second kappa shape index (κ2) is 6.33. The summed E-state index contributed by atoms with van der Waals surface area (Å²) in [6, 6.07) is 0. The molecular formula is C17H28N2O5Si. The van der Waals surface area contributed by atoms with E-state index >= 15 is 0 Å². The second-order valence-corrected chi connectivity index (χ2v) is 14.0. The van der Waals surface area contributed by atoms with Gasteiger partial charge in [-0.3, -0.25) is 14.3 Å². The van der Waals surface area contributed by atoms with Gasteiger partial charge in [0.1, 0.15) is 19.7 Å². The van der Waals surface area contributed by atoms with Gasteiger partial charge in [0, 0.05) is 24.1 Å². The van der Waals surface area contributed by atoms with Crippen LogP contribution in [0, 0.1) is 12.8 Å². The molecule has 2 heterocycles. The molecule has 0 radical (unpaired) electrons. The standard InChI is InChI=1S/C17H28N2O5Si/c1-11-8-19(15(23)18-14(11)22)17(25(5,6)16(2,3)4)7-12(9-20)13(10-21)24-17/h8-9,12-13,21H,7,10H2,1-6H3,(H,18,22,23)/t12-,13-,17+/m1/s1. The number of aldehydes is 1. The van der Waals surface area contributed by atoms with Crippen LogP contribution in [0.25, 0.3) is 0 Å². The first-order valence-corrected chi connectivity index (χ1v) is 11.5. The van der Waals surface area contributed by atoms with Gasteiger partial charge in [0.25, 0.3) is 5.56 Å². The molecule has 1 aromatic rings. The fourth-order valence-corrected chi connectivity index (χ4v) is 6.56. The highest BCUT2D eigenvalue weighted by Gasteiger charge is 2.61. The lowest BCUT2D eigenvalue weighted by molar-refractivity contribution is -0.114. The third-order valence-corrected chi connectivity index (χ3v) is 12.3. The largest absolute Gasteiger partial charge is 0.394 e. The molecule has 3 atom stereocenters. The maximum Gasteiger partial charge on any atom is 0.330 e. The van der Waals surface area contributed by atoms with Crippen molar-refractivity contribution in [1.82, 2.24) is 9.55 Å². The fourth-order valence-electron chi connectivity index (χ4n) is 3.43. The van der Waals surface area contributed by atoms with Crippen LogP contribution >= 0.6 is 0 Å². The summed E-state index contributed by atoms with van der Waals surface area (Å²) in [7, 11) is -2.40. The quantitative estimate of drug-likeness (QED) is 0.613. The number of hydrogen-bond donors (Lipinski definition) is 2. The number of nitrogens with zero attached hydrogens (tertiary/aromatic N) is 1. The predicted octanol–water partition coefficient (Wildman–Crippen LogP) is 1.14. The zero-order valence-electron chi connectivity index (χ0n) is 15.8. The minimum atomic E-state index is -2.40. The summed E-state index contributed by atoms with van der Waals surface area (Å²) in [5, 5.41) is 8.48. The molecule has 0 bridgehead atoms. The molecule has 1 fully saturated rings. The van der Waals surface area contributed by atoms with Crippen LogP contribution in [-0.4, -0.2) is 41.7 Å². The summed E-state index contributed by atoms with van der Waals surface area (Å²) in [6.07, 6.45) is 1.96. The number of nitrogens with one attached hydrogen (secondary N) is 1. The number of hydrogen-bond acceptors (Lipinski definition) is 5. The van der Waals surface area contributed by atoms with E-state index in [0.717, 1.165) is 6.29 Å². The van der Waals surface area contributed by atoms with Crippen molar-refractivity contribution in [1.29, 1.82) is 0 Å². The van der Waals surface area contributed by atoms with Gasteiger partial charge >= 0.3 is 5.69 Å². The molecule has 8 heteroatoms. The Morgan fingerprint density at radius 2 is 2.04 bits per heavy atom. The topological polar surface area (TPSA) is 101 Å². The van der Waals surface area contributed by atoms with E-state index in [9.17, 15) is 19.5 Å². The monoisotopic (exact) mass is 368 g/mol. The van der Waals surface area contributed by atoms with Crippen molar-refractivity contribution in [2.75, 3.05) is 6.61 Å². The number of aromatic nitrogens is 2. The molecule has 2 rings (SSSR count). The summed E-state index contributed by atoms with van der Waals surface area (Å²) in [5.41, 5.74) is -0.588. The molecule has 0 unspecified atom stereocenters. The maximum atomic E-state index is 12.6. The highest BCUT2D eigenvalue weighted by molar-refractivity contribution is 6.81. The van der Waals surface area contributed by atoms with E-state index in [1.54, 1.807) is 6.92 Å². The molecule has 7 nitrogen and oxygen atoms in total. The lowest BCUT2D eigenvalue weighted by Crippen LogP contribution is -2.64. The zero-order chi connectivity index (χ0) is 19.2. The van der Waals surface area contributed by atoms with Crippen molar-refractivity contribution in [2.24, 2.45) is 5.92 Å². The molecule has 0 amide bonds. The van der Waals surface area contributed by atoms with Gasteiger partial charge in [0.2, 0.25) is 0 Å². The minimum Gasteiger partial charge on any atom is -0.394 e. The first kappa shape index (κ1) is 19.8. The van der Waals surface area contributed by atoms with Gasteiger partial charge in [-0.05, 0) is 12.0 Å². The number of carbonyl (C=O) groups is 1. The molecule has 0 aromatic carbocycles. The van der Waals surface area contributed by atoms with E-state index in [4.69, 9.17) is 4.74 Å². The van der Waals surface area contributed by atoms with Crippen LogP contribution in [0.5, 0.6) is 0 Å². The van der Waals surface area contributed by atoms with Gasteiger partial charge < -0.3 is 14.6 Å². The highest BCUT2D eigenvalue weighted by Crippen LogP contribution is 2.52. The van der Waals surface area contributed by atoms with E-state index in [0.29, 0.717) is 12.0 Å². The Morgan fingerprint density at radius 3 is 2.48 bits per heavy atom. The first-order valence-electron chi connectivity index (χ1n) is 8.48. The van der Waals surface area contributed by atoms with Crippen molar-refractivity contribution in [3.63, 3.8) is 0 Å². The maximum absolute atomic E-state index is 12.6. The van der Waals surface area contributed by atoms with E-state index in [-0.39, 0.29) is 11.6 Å². The van der Waals surface area contributed by atoms with Crippen LogP contribution in [0.15, 0.2) is 15.8 Å². The predicted molar refractivity (Wildman–Crippen MR) is 97.4 cm³/mol. The molecule has 0 spiro atoms. The number of ether oxygens (including phenoxy) is 1. The summed E-state index contributed by atoms with van der Waals surface area (Å²) < 4.78 is 7.73. The number of aromatic amines is 1. The normalized spacial score (nSPS) is 27.5. The van der Waals surface area contributed by atoms with Crippen molar-refractivity contribution < 1.29 is 14.6 Å². The van der Waals surface area contributed by atoms with E-state index in [2.05, 4.69) is 38.8 Å². The van der Waals surface area contributed by atoms with Gasteiger partial charge in [-0.1, -0.05) is 33.9 Å². The Morgan fingerprint density at radius 1 is 1.44 bits per heavy atom. The van der Waals surface area contributed by atoms with Gasteiger partial charge in [0.05, 0.1) is 12.7 Å². The molecule has 0 aliphatic carbocycles. The molecule has 1 aliphatic rings. The average molecular weight is 369 g/mol. The third kappa shape index (κ3) is 2.96. The van der Waals surface area contributed by atoms with E-state index in [1.807, 2.05) is 0 Å². The smallest absolute Gasteiger partial charge is 0.330 e. The van der Waals surface area contributed by atoms with Crippen LogP contribution in [0.1, 0.15) is 32.8 Å². The second-order valence-electron chi connectivity index (χ2n) is 8.44. The third-order valence-electron chi connectivity index (χ3n) is 6.05. The Labute approximate surface area is 148 Å². The number of H-pyrrole nitrogens is 1. The summed E-state index contributed by atoms with van der Waals surface area (Å²) in [5.74, 6) is -0.502. The average Bonchev–Trinajstić information content (AvgIpc) is 2.90. The Kier molecular flexibility index (Phi) is 5.02. The van der Waals surface area contributed by atoms with Gasteiger partial charge in [-0.15, -0.1) is 0 Å². The fraction of sp³-hybridized carbons (Fsp3) is 0.706. The van der Waals surface area contributed by atoms with Crippen molar-refractivity contribution in [3.05, 3.63) is 32.6 Å². The van der Waals surface area contributed by atoms with Crippen LogP contribution in [0.3, 0.4) is 0 Å². The molecule has 1 aromatic heterocycles. The van der Waals surface area contributed by atoms with Crippen LogP contribution in [-0.2, 0) is 14.9 Å². The van der Waals surface area contributed by atoms with Gasteiger partial charge in [-0.25, -0.2) is 4.79 Å². The molecular weight excluding hydrogens is 340 g/mol.